The Morgan fingerprint density at radius 3 is 2.52 bits per heavy atom. The second kappa shape index (κ2) is 9.74. The number of nitrogens with zero attached hydrogens (tertiary/aromatic N) is 1. The van der Waals surface area contributed by atoms with Crippen molar-refractivity contribution in [2.24, 2.45) is 0 Å². The van der Waals surface area contributed by atoms with Crippen LogP contribution in [0.4, 0.5) is 11.4 Å². The molecule has 9 heteroatoms. The van der Waals surface area contributed by atoms with Crippen LogP contribution < -0.4 is 10.0 Å². The van der Waals surface area contributed by atoms with Gasteiger partial charge in [-0.15, -0.1) is 0 Å². The zero-order chi connectivity index (χ0) is 22.4. The van der Waals surface area contributed by atoms with Crippen molar-refractivity contribution in [1.82, 2.24) is 5.32 Å². The first kappa shape index (κ1) is 22.5. The molecule has 2 aromatic rings. The van der Waals surface area contributed by atoms with Gasteiger partial charge < -0.3 is 5.32 Å². The van der Waals surface area contributed by atoms with Crippen LogP contribution in [-0.4, -0.2) is 25.8 Å². The van der Waals surface area contributed by atoms with Gasteiger partial charge in [-0.25, -0.2) is 8.42 Å². The number of amides is 1. The lowest BCUT2D eigenvalue weighted by molar-refractivity contribution is -0.385. The molecule has 31 heavy (non-hydrogen) atoms. The Bertz CT molecular complexity index is 1110. The van der Waals surface area contributed by atoms with Gasteiger partial charge in [0.2, 0.25) is 0 Å². The van der Waals surface area contributed by atoms with E-state index >= 15 is 0 Å². The summed E-state index contributed by atoms with van der Waals surface area (Å²) in [6.07, 6.45) is 7.72. The summed E-state index contributed by atoms with van der Waals surface area (Å²) in [5.74, 6) is -0.222. The Kier molecular flexibility index (Phi) is 7.06. The maximum atomic E-state index is 12.6. The van der Waals surface area contributed by atoms with Gasteiger partial charge in [-0.2, -0.15) is 0 Å². The van der Waals surface area contributed by atoms with Crippen LogP contribution in [0.2, 0.25) is 0 Å². The normalized spacial score (nSPS) is 13.9. The second-order valence-electron chi connectivity index (χ2n) is 7.50. The average Bonchev–Trinajstić information content (AvgIpc) is 2.74. The van der Waals surface area contributed by atoms with Crippen LogP contribution in [0, 0.1) is 17.0 Å². The fourth-order valence-electron chi connectivity index (χ4n) is 3.43. The van der Waals surface area contributed by atoms with Crippen LogP contribution >= 0.6 is 0 Å². The molecule has 0 unspecified atom stereocenters. The second-order valence-corrected chi connectivity index (χ2v) is 9.18. The highest BCUT2D eigenvalue weighted by Crippen LogP contribution is 2.24. The van der Waals surface area contributed by atoms with Crippen molar-refractivity contribution in [3.63, 3.8) is 0 Å². The number of benzene rings is 2. The molecule has 0 spiro atoms. The Balaban J connectivity index is 1.61. The van der Waals surface area contributed by atoms with E-state index in [2.05, 4.69) is 16.1 Å². The molecule has 2 aromatic carbocycles. The lowest BCUT2D eigenvalue weighted by Gasteiger charge is -2.13. The van der Waals surface area contributed by atoms with Gasteiger partial charge in [0.1, 0.15) is 0 Å². The van der Waals surface area contributed by atoms with Crippen molar-refractivity contribution in [2.75, 3.05) is 11.3 Å². The summed E-state index contributed by atoms with van der Waals surface area (Å²) in [5, 5.41) is 14.0. The molecule has 0 saturated carbocycles. The van der Waals surface area contributed by atoms with E-state index < -0.39 is 14.9 Å². The molecule has 1 aliphatic rings. The van der Waals surface area contributed by atoms with Gasteiger partial charge in [0, 0.05) is 29.4 Å². The van der Waals surface area contributed by atoms with Gasteiger partial charge in [0.15, 0.2) is 0 Å². The van der Waals surface area contributed by atoms with E-state index in [-0.39, 0.29) is 22.2 Å². The molecule has 0 radical (unpaired) electrons. The number of nitrogens with one attached hydrogen (secondary N) is 2. The summed E-state index contributed by atoms with van der Waals surface area (Å²) in [7, 11) is -4.01. The molecule has 0 aliphatic heterocycles. The molecule has 2 N–H and O–H groups in total. The van der Waals surface area contributed by atoms with Crippen LogP contribution in [0.25, 0.3) is 0 Å². The van der Waals surface area contributed by atoms with Crippen LogP contribution in [-0.2, 0) is 10.0 Å². The fourth-order valence-corrected chi connectivity index (χ4v) is 4.51. The minimum absolute atomic E-state index is 0.205. The Hall–Kier alpha value is -3.20. The van der Waals surface area contributed by atoms with E-state index in [9.17, 15) is 23.3 Å². The van der Waals surface area contributed by atoms with E-state index in [1.807, 2.05) is 0 Å². The number of nitro benzene ring substituents is 1. The smallest absolute Gasteiger partial charge is 0.273 e. The molecule has 1 aliphatic carbocycles. The zero-order valence-corrected chi connectivity index (χ0v) is 18.1. The van der Waals surface area contributed by atoms with Crippen molar-refractivity contribution in [1.29, 1.82) is 0 Å². The highest BCUT2D eigenvalue weighted by molar-refractivity contribution is 7.92. The highest BCUT2D eigenvalue weighted by Gasteiger charge is 2.20. The minimum atomic E-state index is -4.01. The molecule has 0 saturated heterocycles. The zero-order valence-electron chi connectivity index (χ0n) is 17.3. The number of hydrogen-bond acceptors (Lipinski definition) is 5. The van der Waals surface area contributed by atoms with Crippen LogP contribution in [0.3, 0.4) is 0 Å². The standard InChI is InChI=1S/C22H25N3O5S/c1-16-7-12-20(15-21(16)25(27)28)31(29,30)24-19-10-8-18(9-11-19)22(26)23-14-13-17-5-3-2-4-6-17/h5,7-12,15,24H,2-4,6,13-14H2,1H3,(H,23,26). The summed E-state index contributed by atoms with van der Waals surface area (Å²) in [5.41, 5.74) is 2.17. The Morgan fingerprint density at radius 1 is 1.13 bits per heavy atom. The number of nitro groups is 1. The molecule has 1 amide bonds. The Labute approximate surface area is 181 Å². The molecule has 0 bridgehead atoms. The first-order valence-electron chi connectivity index (χ1n) is 10.1. The Morgan fingerprint density at radius 2 is 1.87 bits per heavy atom. The number of sulfonamides is 1. The largest absolute Gasteiger partial charge is 0.352 e. The number of carbonyl (C=O) groups is 1. The lowest BCUT2D eigenvalue weighted by Crippen LogP contribution is -2.24. The first-order chi connectivity index (χ1) is 14.8. The van der Waals surface area contributed by atoms with Crippen molar-refractivity contribution in [3.8, 4) is 0 Å². The van der Waals surface area contributed by atoms with Gasteiger partial charge in [-0.05, 0) is 69.4 Å². The molecular formula is C22H25N3O5S. The SMILES string of the molecule is Cc1ccc(S(=O)(=O)Nc2ccc(C(=O)NCCC3=CCCCC3)cc2)cc1[N+](=O)[O-]. The predicted octanol–water partition coefficient (Wildman–Crippen LogP) is 4.32. The van der Waals surface area contributed by atoms with Crippen molar-refractivity contribution >= 4 is 27.3 Å². The molecule has 8 nitrogen and oxygen atoms in total. The third kappa shape index (κ3) is 5.91. The topological polar surface area (TPSA) is 118 Å². The van der Waals surface area contributed by atoms with Gasteiger partial charge in [-0.1, -0.05) is 17.7 Å². The molecule has 0 fully saturated rings. The number of carbonyl (C=O) groups excluding carboxylic acids is 1. The minimum Gasteiger partial charge on any atom is -0.352 e. The maximum absolute atomic E-state index is 12.6. The predicted molar refractivity (Wildman–Crippen MR) is 119 cm³/mol. The van der Waals surface area contributed by atoms with E-state index in [1.54, 1.807) is 0 Å². The van der Waals surface area contributed by atoms with E-state index in [1.165, 1.54) is 61.7 Å². The third-order valence-corrected chi connectivity index (χ3v) is 6.58. The quantitative estimate of drug-likeness (QED) is 0.358. The third-order valence-electron chi connectivity index (χ3n) is 5.20. The van der Waals surface area contributed by atoms with E-state index in [4.69, 9.17) is 0 Å². The van der Waals surface area contributed by atoms with Crippen LogP contribution in [0.15, 0.2) is 59.0 Å². The molecule has 0 aromatic heterocycles. The van der Waals surface area contributed by atoms with Gasteiger partial charge in [0.25, 0.3) is 21.6 Å². The lowest BCUT2D eigenvalue weighted by atomic mass is 9.97. The first-order valence-corrected chi connectivity index (χ1v) is 11.6. The molecule has 3 rings (SSSR count). The number of allylic oxidation sites excluding steroid dienone is 1. The number of anilines is 1. The molecule has 164 valence electrons. The van der Waals surface area contributed by atoms with Crippen molar-refractivity contribution in [2.45, 2.75) is 43.9 Å². The van der Waals surface area contributed by atoms with E-state index in [0.717, 1.165) is 25.3 Å². The molecular weight excluding hydrogens is 418 g/mol. The van der Waals surface area contributed by atoms with Gasteiger partial charge in [0.05, 0.1) is 9.82 Å². The fraction of sp³-hybridized carbons (Fsp3) is 0.318. The molecule has 0 atom stereocenters. The van der Waals surface area contributed by atoms with E-state index in [0.29, 0.717) is 17.7 Å². The highest BCUT2D eigenvalue weighted by atomic mass is 32.2. The van der Waals surface area contributed by atoms with Gasteiger partial charge in [-0.3, -0.25) is 19.6 Å². The number of rotatable bonds is 8. The summed E-state index contributed by atoms with van der Waals surface area (Å²) in [6.45, 7) is 2.10. The van der Waals surface area contributed by atoms with Crippen LogP contribution in [0.1, 0.15) is 48.0 Å². The van der Waals surface area contributed by atoms with Gasteiger partial charge >= 0.3 is 0 Å². The average molecular weight is 444 g/mol. The van der Waals surface area contributed by atoms with Crippen LogP contribution in [0.5, 0.6) is 0 Å². The monoisotopic (exact) mass is 443 g/mol. The molecule has 0 heterocycles. The van der Waals surface area contributed by atoms with Crippen molar-refractivity contribution < 1.29 is 18.1 Å². The summed E-state index contributed by atoms with van der Waals surface area (Å²) >= 11 is 0. The summed E-state index contributed by atoms with van der Waals surface area (Å²) in [6, 6.07) is 9.77. The van der Waals surface area contributed by atoms with Crippen molar-refractivity contribution in [3.05, 3.63) is 75.4 Å². The maximum Gasteiger partial charge on any atom is 0.273 e. The number of aryl methyl sites for hydroxylation is 1. The number of hydrogen-bond donors (Lipinski definition) is 2. The summed E-state index contributed by atoms with van der Waals surface area (Å²) < 4.78 is 27.5. The summed E-state index contributed by atoms with van der Waals surface area (Å²) in [4.78, 5) is 22.6.